The van der Waals surface area contributed by atoms with Crippen molar-refractivity contribution in [2.75, 3.05) is 26.4 Å². The molecule has 5 nitrogen and oxygen atoms in total. The third-order valence-electron chi connectivity index (χ3n) is 5.79. The quantitative estimate of drug-likeness (QED) is 0.551. The number of nitrogens with two attached hydrogens (primary N) is 1. The summed E-state index contributed by atoms with van der Waals surface area (Å²) >= 11 is 12.6. The number of fused-ring (bicyclic) bond motifs is 1. The minimum atomic E-state index is -0.209. The van der Waals surface area contributed by atoms with Gasteiger partial charge in [-0.3, -0.25) is 4.99 Å². The van der Waals surface area contributed by atoms with Crippen LogP contribution in [0.2, 0.25) is 10.0 Å². The van der Waals surface area contributed by atoms with E-state index in [4.69, 9.17) is 43.4 Å². The highest BCUT2D eigenvalue weighted by atomic mass is 35.5. The number of nitrogens with zero attached hydrogens (tertiary/aromatic N) is 1. The van der Waals surface area contributed by atoms with Crippen LogP contribution < -0.4 is 15.8 Å². The van der Waals surface area contributed by atoms with Gasteiger partial charge in [-0.2, -0.15) is 0 Å². The van der Waals surface area contributed by atoms with Crippen molar-refractivity contribution in [3.8, 4) is 5.75 Å². The van der Waals surface area contributed by atoms with Gasteiger partial charge in [0, 0.05) is 40.7 Å². The number of hydrogen-bond acceptors (Lipinski definition) is 3. The maximum atomic E-state index is 6.55. The summed E-state index contributed by atoms with van der Waals surface area (Å²) in [6.45, 7) is 2.55. The normalized spacial score (nSPS) is 21.2. The molecule has 1 unspecified atom stereocenters. The number of benzene rings is 2. The van der Waals surface area contributed by atoms with Gasteiger partial charge in [-0.1, -0.05) is 47.5 Å². The highest BCUT2D eigenvalue weighted by Crippen LogP contribution is 2.40. The average molecular weight is 434 g/mol. The zero-order chi connectivity index (χ0) is 20.3. The Morgan fingerprint density at radius 2 is 1.93 bits per heavy atom. The van der Waals surface area contributed by atoms with Crippen LogP contribution in [0, 0.1) is 0 Å². The summed E-state index contributed by atoms with van der Waals surface area (Å²) in [5.74, 6) is 1.33. The fourth-order valence-electron chi connectivity index (χ4n) is 4.15. The Kier molecular flexibility index (Phi) is 6.18. The highest BCUT2D eigenvalue weighted by Gasteiger charge is 2.36. The van der Waals surface area contributed by atoms with Gasteiger partial charge in [0.15, 0.2) is 5.96 Å². The number of aliphatic imine (C=N–C) groups is 1. The van der Waals surface area contributed by atoms with E-state index in [9.17, 15) is 0 Å². The van der Waals surface area contributed by atoms with Crippen LogP contribution in [0.25, 0.3) is 0 Å². The predicted molar refractivity (Wildman–Crippen MR) is 117 cm³/mol. The van der Waals surface area contributed by atoms with Gasteiger partial charge in [-0.15, -0.1) is 0 Å². The molecule has 0 saturated carbocycles. The zero-order valence-corrected chi connectivity index (χ0v) is 17.7. The fraction of sp³-hybridized carbons (Fsp3) is 0.409. The summed E-state index contributed by atoms with van der Waals surface area (Å²) in [4.78, 5) is 4.72. The molecule has 0 aliphatic carbocycles. The molecule has 1 fully saturated rings. The second-order valence-corrected chi connectivity index (χ2v) is 8.43. The van der Waals surface area contributed by atoms with E-state index >= 15 is 0 Å². The Bertz CT molecular complexity index is 897. The minimum absolute atomic E-state index is 0.0912. The van der Waals surface area contributed by atoms with Gasteiger partial charge in [-0.25, -0.2) is 0 Å². The summed E-state index contributed by atoms with van der Waals surface area (Å²) in [7, 11) is 0. The summed E-state index contributed by atoms with van der Waals surface area (Å²) < 4.78 is 11.3. The molecule has 3 N–H and O–H groups in total. The van der Waals surface area contributed by atoms with Crippen molar-refractivity contribution in [3.05, 3.63) is 63.6 Å². The SMILES string of the molecule is NC(=NCC1(c2ccc(Cl)cc2Cl)CCOCC1)NC1CCOc2ccccc21. The smallest absolute Gasteiger partial charge is 0.189 e. The lowest BCUT2D eigenvalue weighted by Gasteiger charge is -2.37. The van der Waals surface area contributed by atoms with Gasteiger partial charge in [0.05, 0.1) is 19.2 Å². The first kappa shape index (κ1) is 20.3. The molecule has 1 atom stereocenters. The van der Waals surface area contributed by atoms with Crippen molar-refractivity contribution in [1.29, 1.82) is 0 Å². The van der Waals surface area contributed by atoms with E-state index in [2.05, 4.69) is 11.4 Å². The van der Waals surface area contributed by atoms with Gasteiger partial charge in [0.1, 0.15) is 5.75 Å². The zero-order valence-electron chi connectivity index (χ0n) is 16.2. The molecule has 0 radical (unpaired) electrons. The van der Waals surface area contributed by atoms with E-state index in [0.29, 0.717) is 42.4 Å². The summed E-state index contributed by atoms with van der Waals surface area (Å²) in [6, 6.07) is 13.8. The number of guanidine groups is 1. The third kappa shape index (κ3) is 4.47. The van der Waals surface area contributed by atoms with E-state index in [0.717, 1.165) is 36.1 Å². The number of ether oxygens (including phenoxy) is 2. The Balaban J connectivity index is 1.53. The Morgan fingerprint density at radius 1 is 1.14 bits per heavy atom. The Morgan fingerprint density at radius 3 is 2.72 bits per heavy atom. The van der Waals surface area contributed by atoms with Crippen molar-refractivity contribution in [3.63, 3.8) is 0 Å². The predicted octanol–water partition coefficient (Wildman–Crippen LogP) is 4.47. The largest absolute Gasteiger partial charge is 0.493 e. The molecule has 7 heteroatoms. The summed E-state index contributed by atoms with van der Waals surface area (Å²) in [5, 5.41) is 4.66. The molecule has 1 saturated heterocycles. The van der Waals surface area contributed by atoms with Crippen molar-refractivity contribution in [2.24, 2.45) is 10.7 Å². The molecule has 0 spiro atoms. The average Bonchev–Trinajstić information content (AvgIpc) is 2.73. The van der Waals surface area contributed by atoms with E-state index in [-0.39, 0.29) is 11.5 Å². The molecule has 2 aliphatic heterocycles. The highest BCUT2D eigenvalue weighted by molar-refractivity contribution is 6.35. The molecule has 2 aliphatic rings. The molecule has 0 bridgehead atoms. The molecule has 0 amide bonds. The lowest BCUT2D eigenvalue weighted by Crippen LogP contribution is -2.41. The Hall–Kier alpha value is -1.95. The van der Waals surface area contributed by atoms with E-state index in [1.54, 1.807) is 6.07 Å². The van der Waals surface area contributed by atoms with Gasteiger partial charge in [-0.05, 0) is 36.6 Å². The van der Waals surface area contributed by atoms with Crippen LogP contribution >= 0.6 is 23.2 Å². The van der Waals surface area contributed by atoms with Crippen LogP contribution in [-0.2, 0) is 10.2 Å². The first-order valence-electron chi connectivity index (χ1n) is 9.89. The van der Waals surface area contributed by atoms with Gasteiger partial charge >= 0.3 is 0 Å². The number of halogens is 2. The lowest BCUT2D eigenvalue weighted by molar-refractivity contribution is 0.0531. The monoisotopic (exact) mass is 433 g/mol. The topological polar surface area (TPSA) is 68.9 Å². The van der Waals surface area contributed by atoms with Crippen LogP contribution in [0.15, 0.2) is 47.5 Å². The molecule has 2 aromatic rings. The summed E-state index contributed by atoms with van der Waals surface area (Å²) in [5.41, 5.74) is 8.25. The molecule has 29 heavy (non-hydrogen) atoms. The maximum absolute atomic E-state index is 6.55. The second kappa shape index (κ2) is 8.82. The van der Waals surface area contributed by atoms with Crippen LogP contribution in [0.1, 0.15) is 36.4 Å². The standard InChI is InChI=1S/C22H25Cl2N3O2/c23-15-5-6-17(18(24)13-15)22(8-11-28-12-9-22)14-26-21(25)27-19-7-10-29-20-4-2-1-3-16(19)20/h1-6,13,19H,7-12,14H2,(H3,25,26,27). The number of rotatable bonds is 4. The fourth-order valence-corrected chi connectivity index (χ4v) is 4.76. The van der Waals surface area contributed by atoms with Crippen molar-refractivity contribution >= 4 is 29.2 Å². The first-order chi connectivity index (χ1) is 14.1. The molecule has 2 heterocycles. The molecular weight excluding hydrogens is 409 g/mol. The van der Waals surface area contributed by atoms with E-state index in [1.165, 1.54) is 0 Å². The molecule has 2 aromatic carbocycles. The number of para-hydroxylation sites is 1. The molecule has 4 rings (SSSR count). The van der Waals surface area contributed by atoms with Gasteiger partial charge < -0.3 is 20.5 Å². The van der Waals surface area contributed by atoms with Crippen molar-refractivity contribution in [1.82, 2.24) is 5.32 Å². The van der Waals surface area contributed by atoms with Crippen LogP contribution in [0.5, 0.6) is 5.75 Å². The minimum Gasteiger partial charge on any atom is -0.493 e. The van der Waals surface area contributed by atoms with Crippen LogP contribution in [0.4, 0.5) is 0 Å². The van der Waals surface area contributed by atoms with Gasteiger partial charge in [0.25, 0.3) is 0 Å². The Labute approximate surface area is 181 Å². The van der Waals surface area contributed by atoms with Crippen LogP contribution in [0.3, 0.4) is 0 Å². The molecule has 154 valence electrons. The second-order valence-electron chi connectivity index (χ2n) is 7.59. The molecule has 0 aromatic heterocycles. The molecular formula is C22H25Cl2N3O2. The van der Waals surface area contributed by atoms with E-state index in [1.807, 2.05) is 30.3 Å². The van der Waals surface area contributed by atoms with Crippen molar-refractivity contribution < 1.29 is 9.47 Å². The van der Waals surface area contributed by atoms with E-state index < -0.39 is 0 Å². The van der Waals surface area contributed by atoms with Crippen LogP contribution in [-0.4, -0.2) is 32.3 Å². The van der Waals surface area contributed by atoms with Crippen molar-refractivity contribution in [2.45, 2.75) is 30.7 Å². The third-order valence-corrected chi connectivity index (χ3v) is 6.33. The summed E-state index contributed by atoms with van der Waals surface area (Å²) in [6.07, 6.45) is 2.52. The number of hydrogen-bond donors (Lipinski definition) is 2. The first-order valence-corrected chi connectivity index (χ1v) is 10.6. The van der Waals surface area contributed by atoms with Gasteiger partial charge in [0.2, 0.25) is 0 Å². The number of nitrogens with one attached hydrogen (secondary N) is 1. The maximum Gasteiger partial charge on any atom is 0.189 e. The lowest BCUT2D eigenvalue weighted by atomic mass is 9.74.